The molecule has 0 aliphatic rings. The fraction of sp³-hybridized carbons (Fsp3) is 0.333. The van der Waals surface area contributed by atoms with Crippen LogP contribution in [0, 0.1) is 6.92 Å². The first kappa shape index (κ1) is 9.51. The first-order chi connectivity index (χ1) is 6.18. The van der Waals surface area contributed by atoms with Gasteiger partial charge in [-0.3, -0.25) is 4.79 Å². The van der Waals surface area contributed by atoms with Crippen LogP contribution in [0.1, 0.15) is 12.0 Å². The molecule has 1 rings (SSSR count). The number of aromatic nitrogens is 1. The largest absolute Gasteiger partial charge is 0.370 e. The second kappa shape index (κ2) is 4.45. The maximum atomic E-state index is 10.4. The van der Waals surface area contributed by atoms with Gasteiger partial charge < -0.3 is 11.1 Å². The first-order valence-corrected chi connectivity index (χ1v) is 4.13. The van der Waals surface area contributed by atoms with E-state index in [1.54, 1.807) is 6.20 Å². The van der Waals surface area contributed by atoms with Gasteiger partial charge in [-0.1, -0.05) is 0 Å². The summed E-state index contributed by atoms with van der Waals surface area (Å²) in [5.41, 5.74) is 6.12. The summed E-state index contributed by atoms with van der Waals surface area (Å²) in [5, 5.41) is 3.00. The molecule has 4 heteroatoms. The Morgan fingerprint density at radius 2 is 2.46 bits per heavy atom. The van der Waals surface area contributed by atoms with Crippen LogP contribution in [0.25, 0.3) is 0 Å². The maximum absolute atomic E-state index is 10.4. The molecule has 0 spiro atoms. The van der Waals surface area contributed by atoms with Crippen LogP contribution in [0.15, 0.2) is 18.3 Å². The molecular weight excluding hydrogens is 166 g/mol. The predicted molar refractivity (Wildman–Crippen MR) is 51.3 cm³/mol. The lowest BCUT2D eigenvalue weighted by molar-refractivity contribution is -0.117. The predicted octanol–water partition coefficient (Wildman–Crippen LogP) is 0.677. The lowest BCUT2D eigenvalue weighted by Crippen LogP contribution is -2.16. The molecule has 0 aromatic carbocycles. The Hall–Kier alpha value is -1.58. The van der Waals surface area contributed by atoms with E-state index >= 15 is 0 Å². The van der Waals surface area contributed by atoms with Crippen molar-refractivity contribution in [1.29, 1.82) is 0 Å². The van der Waals surface area contributed by atoms with Gasteiger partial charge in [0.15, 0.2) is 0 Å². The van der Waals surface area contributed by atoms with Crippen molar-refractivity contribution in [3.63, 3.8) is 0 Å². The monoisotopic (exact) mass is 179 g/mol. The van der Waals surface area contributed by atoms with Crippen molar-refractivity contribution < 1.29 is 4.79 Å². The Kier molecular flexibility index (Phi) is 3.25. The zero-order chi connectivity index (χ0) is 9.68. The van der Waals surface area contributed by atoms with E-state index in [1.807, 2.05) is 19.1 Å². The number of hydrogen-bond acceptors (Lipinski definition) is 3. The second-order valence-electron chi connectivity index (χ2n) is 2.86. The lowest BCUT2D eigenvalue weighted by atomic mass is 10.3. The molecule has 0 fully saturated rings. The standard InChI is InChI=1S/C9H13N3O/c1-7-2-4-11-9(6-7)12-5-3-8(10)13/h2,4,6H,3,5H2,1H3,(H2,10,13)(H,11,12). The number of pyridine rings is 1. The molecule has 0 aliphatic heterocycles. The number of amides is 1. The number of carbonyl (C=O) groups is 1. The van der Waals surface area contributed by atoms with E-state index in [2.05, 4.69) is 10.3 Å². The number of rotatable bonds is 4. The Bertz CT molecular complexity index is 299. The number of carbonyl (C=O) groups excluding carboxylic acids is 1. The Balaban J connectivity index is 2.41. The van der Waals surface area contributed by atoms with E-state index in [0.717, 1.165) is 11.4 Å². The van der Waals surface area contributed by atoms with Crippen LogP contribution < -0.4 is 11.1 Å². The van der Waals surface area contributed by atoms with Crippen molar-refractivity contribution in [1.82, 2.24) is 4.98 Å². The normalized spacial score (nSPS) is 9.62. The SMILES string of the molecule is Cc1ccnc(NCCC(N)=O)c1. The van der Waals surface area contributed by atoms with Gasteiger partial charge in [-0.15, -0.1) is 0 Å². The van der Waals surface area contributed by atoms with Crippen LogP contribution in [-0.2, 0) is 4.79 Å². The minimum absolute atomic E-state index is 0.305. The van der Waals surface area contributed by atoms with Gasteiger partial charge >= 0.3 is 0 Å². The molecule has 0 radical (unpaired) electrons. The summed E-state index contributed by atoms with van der Waals surface area (Å²) in [7, 11) is 0. The van der Waals surface area contributed by atoms with Crippen molar-refractivity contribution in [2.24, 2.45) is 5.73 Å². The summed E-state index contributed by atoms with van der Waals surface area (Å²) >= 11 is 0. The third kappa shape index (κ3) is 3.55. The quantitative estimate of drug-likeness (QED) is 0.714. The molecule has 13 heavy (non-hydrogen) atoms. The van der Waals surface area contributed by atoms with E-state index in [9.17, 15) is 4.79 Å². The van der Waals surface area contributed by atoms with Gasteiger partial charge in [0.05, 0.1) is 0 Å². The van der Waals surface area contributed by atoms with E-state index in [1.165, 1.54) is 0 Å². The number of anilines is 1. The topological polar surface area (TPSA) is 68.0 Å². The molecule has 0 aliphatic carbocycles. The Morgan fingerprint density at radius 3 is 3.08 bits per heavy atom. The Labute approximate surface area is 77.2 Å². The van der Waals surface area contributed by atoms with Gasteiger partial charge in [-0.25, -0.2) is 4.98 Å². The van der Waals surface area contributed by atoms with Gasteiger partial charge in [0.2, 0.25) is 5.91 Å². The molecule has 0 unspecified atom stereocenters. The third-order valence-electron chi connectivity index (χ3n) is 1.59. The average Bonchev–Trinajstić information content (AvgIpc) is 2.03. The van der Waals surface area contributed by atoms with Crippen molar-refractivity contribution in [3.05, 3.63) is 23.9 Å². The van der Waals surface area contributed by atoms with E-state index in [-0.39, 0.29) is 5.91 Å². The fourth-order valence-electron chi connectivity index (χ4n) is 0.947. The zero-order valence-electron chi connectivity index (χ0n) is 7.58. The third-order valence-corrected chi connectivity index (χ3v) is 1.59. The van der Waals surface area contributed by atoms with Gasteiger partial charge in [0, 0.05) is 19.2 Å². The molecule has 1 heterocycles. The molecule has 1 amide bonds. The smallest absolute Gasteiger partial charge is 0.219 e. The number of nitrogens with one attached hydrogen (secondary N) is 1. The van der Waals surface area contributed by atoms with Gasteiger partial charge in [-0.2, -0.15) is 0 Å². The van der Waals surface area contributed by atoms with E-state index in [0.29, 0.717) is 13.0 Å². The number of hydrogen-bond donors (Lipinski definition) is 2. The summed E-state index contributed by atoms with van der Waals surface area (Å²) < 4.78 is 0. The van der Waals surface area contributed by atoms with E-state index in [4.69, 9.17) is 5.73 Å². The van der Waals surface area contributed by atoms with Gasteiger partial charge in [-0.05, 0) is 24.6 Å². The number of nitrogens with zero attached hydrogens (tertiary/aromatic N) is 1. The number of aryl methyl sites for hydroxylation is 1. The maximum Gasteiger partial charge on any atom is 0.219 e. The highest BCUT2D eigenvalue weighted by Gasteiger charge is 1.95. The van der Waals surface area contributed by atoms with Crippen LogP contribution >= 0.6 is 0 Å². The van der Waals surface area contributed by atoms with Crippen molar-refractivity contribution in [2.75, 3.05) is 11.9 Å². The Morgan fingerprint density at radius 1 is 1.69 bits per heavy atom. The minimum atomic E-state index is -0.305. The molecule has 3 N–H and O–H groups in total. The summed E-state index contributed by atoms with van der Waals surface area (Å²) in [5.74, 6) is 0.474. The summed E-state index contributed by atoms with van der Waals surface area (Å²) in [6.45, 7) is 2.52. The zero-order valence-corrected chi connectivity index (χ0v) is 7.58. The molecule has 0 bridgehead atoms. The lowest BCUT2D eigenvalue weighted by Gasteiger charge is -2.03. The second-order valence-corrected chi connectivity index (χ2v) is 2.86. The molecule has 1 aromatic rings. The first-order valence-electron chi connectivity index (χ1n) is 4.13. The molecule has 4 nitrogen and oxygen atoms in total. The van der Waals surface area contributed by atoms with Crippen LogP contribution in [0.2, 0.25) is 0 Å². The molecule has 0 saturated heterocycles. The van der Waals surface area contributed by atoms with Gasteiger partial charge in [0.1, 0.15) is 5.82 Å². The average molecular weight is 179 g/mol. The van der Waals surface area contributed by atoms with Crippen LogP contribution in [0.5, 0.6) is 0 Å². The van der Waals surface area contributed by atoms with Crippen LogP contribution in [0.4, 0.5) is 5.82 Å². The van der Waals surface area contributed by atoms with Crippen LogP contribution in [-0.4, -0.2) is 17.4 Å². The van der Waals surface area contributed by atoms with Crippen molar-refractivity contribution in [3.8, 4) is 0 Å². The molecular formula is C9H13N3O. The van der Waals surface area contributed by atoms with Crippen molar-refractivity contribution >= 4 is 11.7 Å². The summed E-state index contributed by atoms with van der Waals surface area (Å²) in [4.78, 5) is 14.5. The number of primary amides is 1. The minimum Gasteiger partial charge on any atom is -0.370 e. The highest BCUT2D eigenvalue weighted by atomic mass is 16.1. The van der Waals surface area contributed by atoms with Crippen molar-refractivity contribution in [2.45, 2.75) is 13.3 Å². The fourth-order valence-corrected chi connectivity index (χ4v) is 0.947. The summed E-state index contributed by atoms with van der Waals surface area (Å²) in [6, 6.07) is 3.83. The molecule has 0 saturated carbocycles. The molecule has 0 atom stereocenters. The van der Waals surface area contributed by atoms with Crippen LogP contribution in [0.3, 0.4) is 0 Å². The summed E-state index contributed by atoms with van der Waals surface area (Å²) in [6.07, 6.45) is 2.05. The highest BCUT2D eigenvalue weighted by Crippen LogP contribution is 2.04. The number of nitrogens with two attached hydrogens (primary N) is 1. The van der Waals surface area contributed by atoms with E-state index < -0.39 is 0 Å². The van der Waals surface area contributed by atoms with Gasteiger partial charge in [0.25, 0.3) is 0 Å². The molecule has 1 aromatic heterocycles. The molecule has 70 valence electrons. The highest BCUT2D eigenvalue weighted by molar-refractivity contribution is 5.74.